The van der Waals surface area contributed by atoms with Gasteiger partial charge in [0.05, 0.1) is 12.6 Å². The van der Waals surface area contributed by atoms with Crippen molar-refractivity contribution in [2.75, 3.05) is 39.3 Å². The third-order valence-electron chi connectivity index (χ3n) is 5.49. The number of aliphatic hydroxyl groups is 1. The number of nitrogens with one attached hydrogen (secondary N) is 1. The van der Waals surface area contributed by atoms with E-state index in [4.69, 9.17) is 5.11 Å². The van der Waals surface area contributed by atoms with Crippen LogP contribution in [0.4, 0.5) is 0 Å². The Balaban J connectivity index is 1.55. The van der Waals surface area contributed by atoms with Gasteiger partial charge >= 0.3 is 11.8 Å². The number of β-amino-alcohol motifs (C(OH)–C–C–N with tert-alkyl or cyclic N) is 1. The van der Waals surface area contributed by atoms with E-state index in [0.29, 0.717) is 32.7 Å². The van der Waals surface area contributed by atoms with Crippen molar-refractivity contribution in [3.8, 4) is 0 Å². The highest BCUT2D eigenvalue weighted by Crippen LogP contribution is 2.24. The largest absolute Gasteiger partial charge is 0.395 e. The summed E-state index contributed by atoms with van der Waals surface area (Å²) in [5, 5.41) is 11.8. The van der Waals surface area contributed by atoms with Gasteiger partial charge in [0.25, 0.3) is 0 Å². The highest BCUT2D eigenvalue weighted by molar-refractivity contribution is 6.35. The lowest BCUT2D eigenvalue weighted by Gasteiger charge is -2.34. The highest BCUT2D eigenvalue weighted by Gasteiger charge is 2.27. The van der Waals surface area contributed by atoms with Crippen LogP contribution in [0.15, 0.2) is 18.2 Å². The van der Waals surface area contributed by atoms with E-state index >= 15 is 0 Å². The summed E-state index contributed by atoms with van der Waals surface area (Å²) in [6.45, 7) is 5.10. The fraction of sp³-hybridized carbons (Fsp3) is 0.600. The van der Waals surface area contributed by atoms with Crippen LogP contribution in [0, 0.1) is 0 Å². The number of hydrogen-bond donors (Lipinski definition) is 2. The molecule has 0 radical (unpaired) electrons. The maximum absolute atomic E-state index is 12.4. The fourth-order valence-corrected chi connectivity index (χ4v) is 3.82. The Hall–Kier alpha value is -1.92. The molecule has 2 amide bonds. The maximum Gasteiger partial charge on any atom is 0.311 e. The Labute approximate surface area is 155 Å². The van der Waals surface area contributed by atoms with Crippen molar-refractivity contribution in [3.63, 3.8) is 0 Å². The fourth-order valence-electron chi connectivity index (χ4n) is 3.82. The number of piperazine rings is 1. The molecule has 142 valence electrons. The summed E-state index contributed by atoms with van der Waals surface area (Å²) in [5.41, 5.74) is 3.84. The Morgan fingerprint density at radius 3 is 2.50 bits per heavy atom. The van der Waals surface area contributed by atoms with Crippen molar-refractivity contribution in [2.24, 2.45) is 0 Å². The molecule has 26 heavy (non-hydrogen) atoms. The summed E-state index contributed by atoms with van der Waals surface area (Å²) in [6.07, 6.45) is 4.70. The van der Waals surface area contributed by atoms with Crippen LogP contribution in [-0.4, -0.2) is 66.1 Å². The van der Waals surface area contributed by atoms with Crippen molar-refractivity contribution in [1.82, 2.24) is 15.1 Å². The van der Waals surface area contributed by atoms with Crippen molar-refractivity contribution in [2.45, 2.75) is 38.6 Å². The molecule has 0 spiro atoms. The Bertz CT molecular complexity index is 654. The van der Waals surface area contributed by atoms with Crippen molar-refractivity contribution in [3.05, 3.63) is 34.9 Å². The average molecular weight is 359 g/mol. The third-order valence-corrected chi connectivity index (χ3v) is 5.49. The van der Waals surface area contributed by atoms with Crippen LogP contribution < -0.4 is 5.32 Å². The quantitative estimate of drug-likeness (QED) is 0.783. The summed E-state index contributed by atoms with van der Waals surface area (Å²) in [6, 6.07) is 6.22. The molecule has 1 fully saturated rings. The minimum atomic E-state index is -0.536. The van der Waals surface area contributed by atoms with E-state index < -0.39 is 11.8 Å². The lowest BCUT2D eigenvalue weighted by Crippen LogP contribution is -2.53. The Morgan fingerprint density at radius 1 is 1.12 bits per heavy atom. The molecule has 2 N–H and O–H groups in total. The van der Waals surface area contributed by atoms with Gasteiger partial charge in [-0.2, -0.15) is 0 Å². The average Bonchev–Trinajstić information content (AvgIpc) is 2.67. The van der Waals surface area contributed by atoms with Crippen LogP contribution >= 0.6 is 0 Å². The predicted molar refractivity (Wildman–Crippen MR) is 99.7 cm³/mol. The molecule has 0 aromatic heterocycles. The van der Waals surface area contributed by atoms with E-state index in [2.05, 4.69) is 28.4 Å². The van der Waals surface area contributed by atoms with Gasteiger partial charge in [0.1, 0.15) is 0 Å². The molecule has 1 saturated heterocycles. The van der Waals surface area contributed by atoms with Gasteiger partial charge in [-0.3, -0.25) is 14.5 Å². The molecule has 0 saturated carbocycles. The van der Waals surface area contributed by atoms with E-state index in [1.807, 2.05) is 6.92 Å². The maximum atomic E-state index is 12.4. The molecule has 1 aliphatic carbocycles. The van der Waals surface area contributed by atoms with Crippen molar-refractivity contribution >= 4 is 11.8 Å². The van der Waals surface area contributed by atoms with Crippen LogP contribution in [0.25, 0.3) is 0 Å². The van der Waals surface area contributed by atoms with Gasteiger partial charge in [0, 0.05) is 32.7 Å². The summed E-state index contributed by atoms with van der Waals surface area (Å²) < 4.78 is 0. The first-order valence-corrected chi connectivity index (χ1v) is 9.63. The second kappa shape index (κ2) is 8.64. The summed E-state index contributed by atoms with van der Waals surface area (Å²) >= 11 is 0. The molecule has 6 nitrogen and oxygen atoms in total. The van der Waals surface area contributed by atoms with Gasteiger partial charge in [0.15, 0.2) is 0 Å². The van der Waals surface area contributed by atoms with Crippen molar-refractivity contribution in [1.29, 1.82) is 0 Å². The number of nitrogens with zero attached hydrogens (tertiary/aromatic N) is 2. The zero-order valence-corrected chi connectivity index (χ0v) is 15.5. The van der Waals surface area contributed by atoms with Crippen molar-refractivity contribution < 1.29 is 14.7 Å². The second-order valence-corrected chi connectivity index (χ2v) is 7.29. The summed E-state index contributed by atoms with van der Waals surface area (Å²) in [4.78, 5) is 28.5. The van der Waals surface area contributed by atoms with Crippen LogP contribution in [0.3, 0.4) is 0 Å². The summed E-state index contributed by atoms with van der Waals surface area (Å²) in [5.74, 6) is -0.996. The Morgan fingerprint density at radius 2 is 1.81 bits per heavy atom. The van der Waals surface area contributed by atoms with Crippen LogP contribution in [0.2, 0.25) is 0 Å². The number of amides is 2. The number of fused-ring (bicyclic) bond motifs is 1. The molecule has 1 atom stereocenters. The van der Waals surface area contributed by atoms with Gasteiger partial charge in [-0.15, -0.1) is 0 Å². The van der Waals surface area contributed by atoms with Crippen LogP contribution in [0.1, 0.15) is 42.5 Å². The SMILES string of the molecule is CC(NC(=O)C(=O)N1CCN(CCO)CC1)c1ccc2c(c1)CCCC2. The number of rotatable bonds is 4. The molecule has 1 aliphatic heterocycles. The van der Waals surface area contributed by atoms with Crippen LogP contribution in [-0.2, 0) is 22.4 Å². The molecule has 0 bridgehead atoms. The zero-order chi connectivity index (χ0) is 18.5. The zero-order valence-electron chi connectivity index (χ0n) is 15.5. The van der Waals surface area contributed by atoms with Gasteiger partial charge < -0.3 is 15.3 Å². The lowest BCUT2D eigenvalue weighted by atomic mass is 9.89. The number of aryl methyl sites for hydroxylation is 2. The standard InChI is InChI=1S/C20H29N3O3/c1-15(17-7-6-16-4-2-3-5-18(16)14-17)21-19(25)20(26)23-10-8-22(9-11-23)12-13-24/h6-7,14-15,24H,2-5,8-13H2,1H3,(H,21,25). The minimum Gasteiger partial charge on any atom is -0.395 e. The first kappa shape index (κ1) is 18.9. The monoisotopic (exact) mass is 359 g/mol. The number of benzene rings is 1. The van der Waals surface area contributed by atoms with Gasteiger partial charge in [0.2, 0.25) is 0 Å². The Kier molecular flexibility index (Phi) is 6.27. The first-order valence-electron chi connectivity index (χ1n) is 9.63. The molecular formula is C20H29N3O3. The minimum absolute atomic E-state index is 0.118. The van der Waals surface area contributed by atoms with E-state index in [-0.39, 0.29) is 12.6 Å². The van der Waals surface area contributed by atoms with E-state index in [0.717, 1.165) is 18.4 Å². The first-order chi connectivity index (χ1) is 12.6. The number of aliphatic hydroxyl groups excluding tert-OH is 1. The number of carbonyl (C=O) groups excluding carboxylic acids is 2. The molecule has 1 aromatic rings. The number of carbonyl (C=O) groups is 2. The normalized spacial score (nSPS) is 18.9. The highest BCUT2D eigenvalue weighted by atomic mass is 16.3. The molecule has 1 aromatic carbocycles. The molecule has 1 heterocycles. The third kappa shape index (κ3) is 4.43. The smallest absolute Gasteiger partial charge is 0.311 e. The molecular weight excluding hydrogens is 330 g/mol. The predicted octanol–water partition coefficient (Wildman–Crippen LogP) is 0.879. The van der Waals surface area contributed by atoms with Crippen LogP contribution in [0.5, 0.6) is 0 Å². The van der Waals surface area contributed by atoms with E-state index in [9.17, 15) is 9.59 Å². The molecule has 6 heteroatoms. The molecule has 2 aliphatic rings. The van der Waals surface area contributed by atoms with Gasteiger partial charge in [-0.05, 0) is 49.3 Å². The van der Waals surface area contributed by atoms with E-state index in [1.54, 1.807) is 4.90 Å². The second-order valence-electron chi connectivity index (χ2n) is 7.29. The topological polar surface area (TPSA) is 72.9 Å². The number of hydrogen-bond acceptors (Lipinski definition) is 4. The lowest BCUT2D eigenvalue weighted by molar-refractivity contribution is -0.147. The molecule has 3 rings (SSSR count). The van der Waals surface area contributed by atoms with Gasteiger partial charge in [-0.1, -0.05) is 18.2 Å². The van der Waals surface area contributed by atoms with E-state index in [1.165, 1.54) is 24.0 Å². The summed E-state index contributed by atoms with van der Waals surface area (Å²) in [7, 11) is 0. The molecule has 1 unspecified atom stereocenters. The van der Waals surface area contributed by atoms with Gasteiger partial charge in [-0.25, -0.2) is 0 Å².